The lowest BCUT2D eigenvalue weighted by Crippen LogP contribution is -2.42. The minimum Gasteiger partial charge on any atom is -0.481 e. The highest BCUT2D eigenvalue weighted by Crippen LogP contribution is 2.23. The number of aliphatic hydroxyl groups excluding tert-OH is 2. The van der Waals surface area contributed by atoms with Crippen LogP contribution in [0.4, 0.5) is 13.6 Å². The first-order valence-electron chi connectivity index (χ1n) is 18.2. The van der Waals surface area contributed by atoms with E-state index in [1.54, 1.807) is 39.8 Å². The van der Waals surface area contributed by atoms with Crippen molar-refractivity contribution in [3.63, 3.8) is 0 Å². The first-order chi connectivity index (χ1) is 26.1. The molecule has 0 aliphatic heterocycles. The van der Waals surface area contributed by atoms with Crippen molar-refractivity contribution in [2.45, 2.75) is 71.1 Å². The first kappa shape index (κ1) is 57.3. The molecule has 10 nitrogen and oxygen atoms in total. The standard InChI is InChI=1S/C23H28FNO5.C20H24FNO3.4H2S/c1-23(2,3)30-22(29)25-20(13-18(14-26)21(27)28)11-15-7-9-16(10-8-15)17-5-4-6-19(24)12-17;1-2-25-20(24)17(13-23)12-19(22)10-14-6-8-15(9-7-14)16-4-3-5-18(21)11-16;;;;/h4-10,12,18,20,26H,11,13-14H2,1-3H3,(H,25,29)(H,27,28);3-9,11,17,19,23H,2,10,12-13,22H2,1H3;4*1H2/t18-,20+;17-,19+;;;;/m00..../s1. The maximum absolute atomic E-state index is 13.4. The lowest BCUT2D eigenvalue weighted by molar-refractivity contribution is -0.150. The van der Waals surface area contributed by atoms with Crippen molar-refractivity contribution in [1.82, 2.24) is 5.32 Å². The van der Waals surface area contributed by atoms with Crippen molar-refractivity contribution in [3.8, 4) is 22.3 Å². The largest absolute Gasteiger partial charge is 0.481 e. The van der Waals surface area contributed by atoms with Crippen molar-refractivity contribution in [2.75, 3.05) is 19.8 Å². The van der Waals surface area contributed by atoms with E-state index >= 15 is 0 Å². The highest BCUT2D eigenvalue weighted by Gasteiger charge is 2.26. The second kappa shape index (κ2) is 28.7. The van der Waals surface area contributed by atoms with Gasteiger partial charge >= 0.3 is 18.0 Å². The second-order valence-corrected chi connectivity index (χ2v) is 14.2. The molecule has 4 aromatic carbocycles. The summed E-state index contributed by atoms with van der Waals surface area (Å²) in [5.41, 5.74) is 10.6. The molecule has 0 fully saturated rings. The molecule has 0 bridgehead atoms. The molecule has 0 heterocycles. The fourth-order valence-electron chi connectivity index (χ4n) is 5.81. The van der Waals surface area contributed by atoms with Crippen molar-refractivity contribution in [1.29, 1.82) is 0 Å². The number of esters is 1. The predicted octanol–water partition coefficient (Wildman–Crippen LogP) is 7.39. The van der Waals surface area contributed by atoms with E-state index in [-0.39, 0.29) is 91.3 Å². The summed E-state index contributed by atoms with van der Waals surface area (Å²) in [4.78, 5) is 35.2. The molecule has 0 unspecified atom stereocenters. The van der Waals surface area contributed by atoms with Gasteiger partial charge in [0.15, 0.2) is 0 Å². The van der Waals surface area contributed by atoms with Crippen LogP contribution in [0.15, 0.2) is 97.1 Å². The molecule has 1 amide bonds. The van der Waals surface area contributed by atoms with Crippen LogP contribution in [-0.2, 0) is 31.9 Å². The van der Waals surface area contributed by atoms with Crippen LogP contribution in [0.5, 0.6) is 0 Å². The zero-order valence-electron chi connectivity index (χ0n) is 33.7. The number of alkyl carbamates (subject to hydrolysis) is 1. The van der Waals surface area contributed by atoms with Crippen molar-refractivity contribution >= 4 is 72.0 Å². The minimum atomic E-state index is -1.13. The topological polar surface area (TPSA) is 168 Å². The molecular weight excluding hydrogens is 839 g/mol. The zero-order valence-corrected chi connectivity index (χ0v) is 37.7. The molecule has 0 aliphatic rings. The van der Waals surface area contributed by atoms with Gasteiger partial charge in [-0.1, -0.05) is 72.8 Å². The average molecular weight is 899 g/mol. The lowest BCUT2D eigenvalue weighted by Gasteiger charge is -2.25. The molecule has 4 rings (SSSR count). The lowest BCUT2D eigenvalue weighted by atomic mass is 9.94. The van der Waals surface area contributed by atoms with E-state index in [1.165, 1.54) is 24.3 Å². The summed E-state index contributed by atoms with van der Waals surface area (Å²) in [5, 5.41) is 30.7. The zero-order chi connectivity index (χ0) is 40.5. The number of benzene rings is 4. The smallest absolute Gasteiger partial charge is 0.407 e. The van der Waals surface area contributed by atoms with Crippen LogP contribution in [0.1, 0.15) is 51.7 Å². The number of carbonyl (C=O) groups is 3. The Labute approximate surface area is 374 Å². The van der Waals surface area contributed by atoms with E-state index in [1.807, 2.05) is 60.7 Å². The number of hydrogen-bond acceptors (Lipinski definition) is 8. The third-order valence-electron chi connectivity index (χ3n) is 8.49. The maximum Gasteiger partial charge on any atom is 0.407 e. The van der Waals surface area contributed by atoms with Gasteiger partial charge < -0.3 is 35.8 Å². The highest BCUT2D eigenvalue weighted by atomic mass is 32.1. The number of aliphatic hydroxyl groups is 2. The van der Waals surface area contributed by atoms with E-state index in [0.29, 0.717) is 19.3 Å². The average Bonchev–Trinajstić information content (AvgIpc) is 3.13. The Balaban J connectivity index is 0. The number of carboxylic acids is 1. The fraction of sp³-hybridized carbons (Fsp3) is 0.372. The Morgan fingerprint density at radius 3 is 1.54 bits per heavy atom. The van der Waals surface area contributed by atoms with Gasteiger partial charge in [0.1, 0.15) is 17.2 Å². The van der Waals surface area contributed by atoms with Crippen LogP contribution in [0.3, 0.4) is 0 Å². The third kappa shape index (κ3) is 20.9. The van der Waals surface area contributed by atoms with Crippen LogP contribution < -0.4 is 11.1 Å². The summed E-state index contributed by atoms with van der Waals surface area (Å²) in [6.45, 7) is 6.42. The van der Waals surface area contributed by atoms with Crippen molar-refractivity contribution in [2.24, 2.45) is 17.6 Å². The molecule has 16 heteroatoms. The van der Waals surface area contributed by atoms with Gasteiger partial charge in [-0.05, 0) is 111 Å². The van der Waals surface area contributed by atoms with Crippen LogP contribution in [0, 0.1) is 23.5 Å². The monoisotopic (exact) mass is 898 g/mol. The number of nitrogens with one attached hydrogen (secondary N) is 1. The Hall–Kier alpha value is -3.77. The van der Waals surface area contributed by atoms with Crippen LogP contribution in [-0.4, -0.2) is 70.9 Å². The number of halogens is 2. The van der Waals surface area contributed by atoms with Crippen molar-refractivity contribution in [3.05, 3.63) is 120 Å². The molecule has 328 valence electrons. The van der Waals surface area contributed by atoms with Gasteiger partial charge in [-0.2, -0.15) is 54.0 Å². The van der Waals surface area contributed by atoms with Gasteiger partial charge in [0.05, 0.1) is 31.7 Å². The number of hydrogen-bond donors (Lipinski definition) is 5. The molecular formula is C43H60F2N2O8S4. The van der Waals surface area contributed by atoms with Crippen LogP contribution >= 0.6 is 54.0 Å². The molecule has 4 aromatic rings. The quantitative estimate of drug-likeness (QED) is 0.0721. The molecule has 0 saturated heterocycles. The van der Waals surface area contributed by atoms with E-state index in [0.717, 1.165) is 33.4 Å². The van der Waals surface area contributed by atoms with Gasteiger partial charge in [-0.3, -0.25) is 9.59 Å². The number of rotatable bonds is 16. The number of amides is 1. The van der Waals surface area contributed by atoms with E-state index in [9.17, 15) is 38.5 Å². The van der Waals surface area contributed by atoms with Gasteiger partial charge in [-0.25, -0.2) is 13.6 Å². The SMILES string of the molecule is CC(C)(C)OC(=O)N[C@H](Cc1ccc(-c2cccc(F)c2)cc1)C[C@@H](CO)C(=O)O.CCOC(=O)[C@H](CO)C[C@H](N)Cc1ccc(-c2cccc(F)c2)cc1.S.S.S.S. The van der Waals surface area contributed by atoms with E-state index in [4.69, 9.17) is 15.2 Å². The maximum atomic E-state index is 13.4. The summed E-state index contributed by atoms with van der Waals surface area (Å²) in [7, 11) is 0. The second-order valence-electron chi connectivity index (χ2n) is 14.2. The first-order valence-corrected chi connectivity index (χ1v) is 18.2. The molecule has 6 N–H and O–H groups in total. The Kier molecular flexibility index (Phi) is 27.8. The fourth-order valence-corrected chi connectivity index (χ4v) is 5.81. The number of ether oxygens (including phenoxy) is 2. The summed E-state index contributed by atoms with van der Waals surface area (Å²) < 4.78 is 37.0. The molecule has 0 radical (unpaired) electrons. The number of nitrogens with two attached hydrogens (primary N) is 1. The normalized spacial score (nSPS) is 12.4. The van der Waals surface area contributed by atoms with Gasteiger partial charge in [0.2, 0.25) is 0 Å². The molecule has 4 atom stereocenters. The molecule has 59 heavy (non-hydrogen) atoms. The summed E-state index contributed by atoms with van der Waals surface area (Å²) in [6, 6.07) is 27.0. The van der Waals surface area contributed by atoms with Crippen LogP contribution in [0.25, 0.3) is 22.3 Å². The van der Waals surface area contributed by atoms with E-state index < -0.39 is 48.1 Å². The molecule has 0 aliphatic carbocycles. The molecule has 0 aromatic heterocycles. The Morgan fingerprint density at radius 1 is 0.695 bits per heavy atom. The summed E-state index contributed by atoms with van der Waals surface area (Å²) in [5.74, 6) is -3.73. The van der Waals surface area contributed by atoms with Gasteiger partial charge in [0, 0.05) is 12.1 Å². The van der Waals surface area contributed by atoms with E-state index in [2.05, 4.69) is 5.32 Å². The summed E-state index contributed by atoms with van der Waals surface area (Å²) in [6.07, 6.45) is 0.703. The van der Waals surface area contributed by atoms with Crippen LogP contribution in [0.2, 0.25) is 0 Å². The third-order valence-corrected chi connectivity index (χ3v) is 8.49. The number of carbonyl (C=O) groups excluding carboxylic acids is 2. The Morgan fingerprint density at radius 2 is 1.15 bits per heavy atom. The summed E-state index contributed by atoms with van der Waals surface area (Å²) >= 11 is 0. The van der Waals surface area contributed by atoms with Gasteiger partial charge in [0.25, 0.3) is 0 Å². The Bertz CT molecular complexity index is 1830. The number of carboxylic acid groups (broad SMARTS) is 1. The van der Waals surface area contributed by atoms with Crippen molar-refractivity contribution < 1.29 is 48.0 Å². The number of aliphatic carboxylic acids is 1. The highest BCUT2D eigenvalue weighted by molar-refractivity contribution is 7.59. The molecule has 0 spiro atoms. The predicted molar refractivity (Wildman–Crippen MR) is 248 cm³/mol. The molecule has 0 saturated carbocycles. The minimum absolute atomic E-state index is 0. The van der Waals surface area contributed by atoms with Gasteiger partial charge in [-0.15, -0.1) is 0 Å².